The van der Waals surface area contributed by atoms with E-state index in [4.69, 9.17) is 28.9 Å². The zero-order valence-corrected chi connectivity index (χ0v) is 23.9. The first-order valence-corrected chi connectivity index (χ1v) is 14.7. The van der Waals surface area contributed by atoms with E-state index in [-0.39, 0.29) is 11.7 Å². The number of carbonyl (C=O) groups is 2. The molecule has 2 aliphatic rings. The summed E-state index contributed by atoms with van der Waals surface area (Å²) >= 11 is 10.8. The second-order valence-electron chi connectivity index (χ2n) is 9.97. The molecule has 0 saturated heterocycles. The number of carbonyl (C=O) groups excluding carboxylic acids is 1. The lowest BCUT2D eigenvalue weighted by molar-refractivity contribution is -0.143. The molecule has 0 aromatic heterocycles. The van der Waals surface area contributed by atoms with E-state index >= 15 is 0 Å². The lowest BCUT2D eigenvalue weighted by atomic mass is 9.77. The van der Waals surface area contributed by atoms with Gasteiger partial charge in [0.05, 0.1) is 10.8 Å². The summed E-state index contributed by atoms with van der Waals surface area (Å²) in [5.74, 6) is -0.423. The van der Waals surface area contributed by atoms with Gasteiger partial charge in [0.1, 0.15) is 11.6 Å². The van der Waals surface area contributed by atoms with Gasteiger partial charge in [-0.3, -0.25) is 9.59 Å². The molecule has 0 bridgehead atoms. The number of amides is 1. The topological polar surface area (TPSA) is 92.4 Å². The van der Waals surface area contributed by atoms with E-state index in [0.717, 1.165) is 51.4 Å². The summed E-state index contributed by atoms with van der Waals surface area (Å²) in [4.78, 5) is 23.8. The molecule has 5 nitrogen and oxygen atoms in total. The maximum absolute atomic E-state index is 14.0. The van der Waals surface area contributed by atoms with Crippen molar-refractivity contribution < 1.29 is 23.5 Å². The van der Waals surface area contributed by atoms with Gasteiger partial charge >= 0.3 is 5.97 Å². The molecule has 1 amide bonds. The molecule has 0 spiro atoms. The summed E-state index contributed by atoms with van der Waals surface area (Å²) in [6.45, 7) is 1.27. The van der Waals surface area contributed by atoms with Crippen LogP contribution in [0.2, 0.25) is 0 Å². The second kappa shape index (κ2) is 16.8. The quantitative estimate of drug-likeness (QED) is 0.226. The Morgan fingerprint density at radius 2 is 1.23 bits per heavy atom. The van der Waals surface area contributed by atoms with Crippen molar-refractivity contribution >= 4 is 35.1 Å². The molecule has 39 heavy (non-hydrogen) atoms. The van der Waals surface area contributed by atoms with Gasteiger partial charge in [0.15, 0.2) is 0 Å². The van der Waals surface area contributed by atoms with Crippen molar-refractivity contribution in [2.24, 2.45) is 5.73 Å². The van der Waals surface area contributed by atoms with E-state index in [9.17, 15) is 23.5 Å². The van der Waals surface area contributed by atoms with Gasteiger partial charge in [-0.2, -0.15) is 0 Å². The Balaban J connectivity index is 0.000000238. The fourth-order valence-corrected chi connectivity index (χ4v) is 5.68. The standard InChI is InChI=1S/C15H19ClFNO.C12H13FO2.C3H8ClN/c16-10-5-11-18-14(19)15(8-3-4-9-15)12-6-1-2-7-13(12)17;13-10-6-2-1-5-9(10)12(11(14)15)7-3-4-8-12;4-2-1-3-5/h1-2,6-7H,3-5,8-11H2,(H,18,19);1-2,5-6H,3-4,7-8H2,(H,14,15);1-3,5H2. The molecule has 2 fully saturated rings. The Hall–Kier alpha value is -2.22. The summed E-state index contributed by atoms with van der Waals surface area (Å²) in [5.41, 5.74) is 4.27. The van der Waals surface area contributed by atoms with Crippen molar-refractivity contribution in [3.05, 3.63) is 71.3 Å². The van der Waals surface area contributed by atoms with Crippen LogP contribution in [0.4, 0.5) is 8.78 Å². The molecule has 2 aromatic carbocycles. The average Bonchev–Trinajstić information content (AvgIpc) is 3.63. The second-order valence-corrected chi connectivity index (χ2v) is 10.7. The highest BCUT2D eigenvalue weighted by Crippen LogP contribution is 2.43. The van der Waals surface area contributed by atoms with Crippen LogP contribution in [0.25, 0.3) is 0 Å². The third-order valence-corrected chi connectivity index (χ3v) is 8.01. The lowest BCUT2D eigenvalue weighted by Gasteiger charge is -2.28. The van der Waals surface area contributed by atoms with Crippen molar-refractivity contribution in [3.8, 4) is 0 Å². The number of nitrogens with one attached hydrogen (secondary N) is 1. The predicted molar refractivity (Wildman–Crippen MR) is 153 cm³/mol. The zero-order chi connectivity index (χ0) is 28.7. The van der Waals surface area contributed by atoms with E-state index in [1.165, 1.54) is 12.1 Å². The molecule has 0 aliphatic heterocycles. The van der Waals surface area contributed by atoms with Gasteiger partial charge in [0.2, 0.25) is 5.91 Å². The fraction of sp³-hybridized carbons (Fsp3) is 0.533. The van der Waals surface area contributed by atoms with E-state index in [1.54, 1.807) is 36.4 Å². The lowest BCUT2D eigenvalue weighted by Crippen LogP contribution is -2.43. The number of hydrogen-bond donors (Lipinski definition) is 3. The number of aliphatic carboxylic acids is 1. The zero-order valence-electron chi connectivity index (χ0n) is 22.4. The number of carboxylic acid groups (broad SMARTS) is 1. The number of hydrogen-bond acceptors (Lipinski definition) is 3. The Labute approximate surface area is 240 Å². The molecule has 0 radical (unpaired) electrons. The number of alkyl halides is 2. The molecule has 2 aliphatic carbocycles. The van der Waals surface area contributed by atoms with Crippen LogP contribution in [0.1, 0.15) is 75.3 Å². The van der Waals surface area contributed by atoms with Gasteiger partial charge in [0, 0.05) is 29.4 Å². The summed E-state index contributed by atoms with van der Waals surface area (Å²) in [7, 11) is 0. The fourth-order valence-electron chi connectivity index (χ4n) is 5.39. The van der Waals surface area contributed by atoms with Crippen LogP contribution >= 0.6 is 23.2 Å². The van der Waals surface area contributed by atoms with Crippen LogP contribution in [0.15, 0.2) is 48.5 Å². The van der Waals surface area contributed by atoms with Gasteiger partial charge in [-0.1, -0.05) is 62.1 Å². The van der Waals surface area contributed by atoms with Crippen LogP contribution in [-0.2, 0) is 20.4 Å². The number of rotatable bonds is 9. The van der Waals surface area contributed by atoms with Crippen LogP contribution in [-0.4, -0.2) is 41.8 Å². The molecule has 2 aromatic rings. The molecule has 2 saturated carbocycles. The average molecular weight is 586 g/mol. The highest BCUT2D eigenvalue weighted by atomic mass is 35.5. The third kappa shape index (κ3) is 8.63. The highest BCUT2D eigenvalue weighted by Gasteiger charge is 2.45. The van der Waals surface area contributed by atoms with E-state index in [1.807, 2.05) is 0 Å². The molecular formula is C30H40Cl2F2N2O3. The SMILES string of the molecule is NCCCCl.O=C(NCCCCl)C1(c2ccccc2F)CCCC1.O=C(O)C1(c2ccccc2F)CCCC1. The highest BCUT2D eigenvalue weighted by molar-refractivity contribution is 6.18. The minimum Gasteiger partial charge on any atom is -0.481 e. The normalized spacial score (nSPS) is 16.8. The largest absolute Gasteiger partial charge is 0.481 e. The van der Waals surface area contributed by atoms with Crippen LogP contribution in [0.5, 0.6) is 0 Å². The molecule has 0 heterocycles. The maximum atomic E-state index is 14.0. The van der Waals surface area contributed by atoms with Gasteiger partial charge in [-0.15, -0.1) is 23.2 Å². The smallest absolute Gasteiger partial charge is 0.314 e. The summed E-state index contributed by atoms with van der Waals surface area (Å²) in [6.07, 6.45) is 7.87. The molecule has 0 unspecified atom stereocenters. The first kappa shape index (κ1) is 33.0. The maximum Gasteiger partial charge on any atom is 0.314 e. The van der Waals surface area contributed by atoms with Crippen molar-refractivity contribution in [3.63, 3.8) is 0 Å². The van der Waals surface area contributed by atoms with Gasteiger partial charge in [0.25, 0.3) is 0 Å². The van der Waals surface area contributed by atoms with Gasteiger partial charge < -0.3 is 16.2 Å². The summed E-state index contributed by atoms with van der Waals surface area (Å²) in [5, 5.41) is 12.2. The number of benzene rings is 2. The molecular weight excluding hydrogens is 545 g/mol. The predicted octanol–water partition coefficient (Wildman–Crippen LogP) is 6.68. The van der Waals surface area contributed by atoms with Gasteiger partial charge in [-0.05, 0) is 57.2 Å². The number of carboxylic acids is 1. The minimum atomic E-state index is -0.981. The minimum absolute atomic E-state index is 0.0554. The third-order valence-electron chi connectivity index (χ3n) is 7.47. The Bertz CT molecular complexity index is 1040. The number of halogens is 4. The molecule has 9 heteroatoms. The Morgan fingerprint density at radius 1 is 0.795 bits per heavy atom. The van der Waals surface area contributed by atoms with Crippen LogP contribution in [0.3, 0.4) is 0 Å². The molecule has 0 atom stereocenters. The van der Waals surface area contributed by atoms with Crippen LogP contribution < -0.4 is 11.1 Å². The monoisotopic (exact) mass is 584 g/mol. The summed E-state index contributed by atoms with van der Waals surface area (Å²) in [6, 6.07) is 12.8. The molecule has 216 valence electrons. The Morgan fingerprint density at radius 3 is 1.62 bits per heavy atom. The van der Waals surface area contributed by atoms with Gasteiger partial charge in [-0.25, -0.2) is 8.78 Å². The Kier molecular flexibility index (Phi) is 14.2. The molecule has 4 rings (SSSR count). The van der Waals surface area contributed by atoms with Crippen molar-refractivity contribution in [2.45, 2.75) is 75.0 Å². The van der Waals surface area contributed by atoms with E-state index < -0.39 is 22.6 Å². The van der Waals surface area contributed by atoms with Crippen molar-refractivity contribution in [1.29, 1.82) is 0 Å². The number of nitrogens with two attached hydrogens (primary N) is 1. The summed E-state index contributed by atoms with van der Waals surface area (Å²) < 4.78 is 27.6. The first-order valence-electron chi connectivity index (χ1n) is 13.6. The first-order chi connectivity index (χ1) is 18.8. The van der Waals surface area contributed by atoms with Crippen molar-refractivity contribution in [1.82, 2.24) is 5.32 Å². The molecule has 4 N–H and O–H groups in total. The van der Waals surface area contributed by atoms with E-state index in [2.05, 4.69) is 5.32 Å². The van der Waals surface area contributed by atoms with Crippen LogP contribution in [0, 0.1) is 11.6 Å². The van der Waals surface area contributed by atoms with E-state index in [0.29, 0.717) is 48.8 Å². The van der Waals surface area contributed by atoms with Crippen molar-refractivity contribution in [2.75, 3.05) is 24.8 Å².